The fourth-order valence-corrected chi connectivity index (χ4v) is 8.79. The first-order valence-electron chi connectivity index (χ1n) is 13.4. The lowest BCUT2D eigenvalue weighted by Gasteiger charge is -2.59. The first kappa shape index (κ1) is 23.8. The fraction of sp³-hybridized carbons (Fsp3) is 0.931. The minimum absolute atomic E-state index is 0.322. The molecule has 0 heterocycles. The molecule has 31 heavy (non-hydrogen) atoms. The van der Waals surface area contributed by atoms with E-state index in [0.29, 0.717) is 22.7 Å². The second kappa shape index (κ2) is 7.86. The summed E-state index contributed by atoms with van der Waals surface area (Å²) in [7, 11) is 0. The summed E-state index contributed by atoms with van der Waals surface area (Å²) in [4.78, 5) is 0. The minimum atomic E-state index is -0.536. The zero-order chi connectivity index (χ0) is 22.8. The Bertz CT molecular complexity index is 704. The van der Waals surface area contributed by atoms with Crippen LogP contribution >= 0.6 is 0 Å². The van der Waals surface area contributed by atoms with Crippen LogP contribution < -0.4 is 0 Å². The van der Waals surface area contributed by atoms with Gasteiger partial charge < -0.3 is 10.2 Å². The van der Waals surface area contributed by atoms with Gasteiger partial charge in [-0.25, -0.2) is 0 Å². The SMILES string of the molecule is CC(C)[C@](C)(O)CC[C@@H](C)C1CC[C@H]2[C@@H]3CC=C4C[C@@](C)(O)CC[C@]4(C)[C@H]3CC[C@]12C. The summed E-state index contributed by atoms with van der Waals surface area (Å²) >= 11 is 0. The van der Waals surface area contributed by atoms with Crippen molar-refractivity contribution in [1.82, 2.24) is 0 Å². The van der Waals surface area contributed by atoms with Gasteiger partial charge in [0.2, 0.25) is 0 Å². The third-order valence-electron chi connectivity index (χ3n) is 11.5. The predicted molar refractivity (Wildman–Crippen MR) is 130 cm³/mol. The molecule has 0 spiro atoms. The Morgan fingerprint density at radius 2 is 1.74 bits per heavy atom. The molecule has 178 valence electrons. The van der Waals surface area contributed by atoms with Crippen molar-refractivity contribution in [2.45, 2.75) is 124 Å². The van der Waals surface area contributed by atoms with E-state index >= 15 is 0 Å². The molecule has 4 aliphatic carbocycles. The molecule has 3 saturated carbocycles. The molecule has 0 radical (unpaired) electrons. The van der Waals surface area contributed by atoms with Crippen LogP contribution in [-0.2, 0) is 0 Å². The molecular weight excluding hydrogens is 380 g/mol. The molecule has 2 N–H and O–H groups in total. The van der Waals surface area contributed by atoms with E-state index in [4.69, 9.17) is 0 Å². The second-order valence-corrected chi connectivity index (χ2v) is 13.7. The van der Waals surface area contributed by atoms with Crippen molar-refractivity contribution >= 4 is 0 Å². The first-order chi connectivity index (χ1) is 14.3. The average Bonchev–Trinajstić information content (AvgIpc) is 3.04. The van der Waals surface area contributed by atoms with Crippen LogP contribution in [0.1, 0.15) is 113 Å². The van der Waals surface area contributed by atoms with Crippen LogP contribution in [0.2, 0.25) is 0 Å². The van der Waals surface area contributed by atoms with E-state index in [9.17, 15) is 10.2 Å². The zero-order valence-corrected chi connectivity index (χ0v) is 21.5. The highest BCUT2D eigenvalue weighted by molar-refractivity contribution is 5.26. The molecule has 0 aromatic heterocycles. The average molecular weight is 431 g/mol. The molecule has 0 aliphatic heterocycles. The molecule has 0 aromatic carbocycles. The van der Waals surface area contributed by atoms with Gasteiger partial charge in [-0.15, -0.1) is 0 Å². The lowest BCUT2D eigenvalue weighted by atomic mass is 9.46. The van der Waals surface area contributed by atoms with Crippen molar-refractivity contribution in [3.05, 3.63) is 11.6 Å². The summed E-state index contributed by atoms with van der Waals surface area (Å²) < 4.78 is 0. The quantitative estimate of drug-likeness (QED) is 0.455. The van der Waals surface area contributed by atoms with Crippen molar-refractivity contribution in [2.75, 3.05) is 0 Å². The van der Waals surface area contributed by atoms with Crippen LogP contribution in [0, 0.1) is 46.3 Å². The Kier molecular flexibility index (Phi) is 6.04. The van der Waals surface area contributed by atoms with E-state index < -0.39 is 11.2 Å². The van der Waals surface area contributed by atoms with Crippen molar-refractivity contribution < 1.29 is 10.2 Å². The molecule has 0 amide bonds. The molecule has 1 unspecified atom stereocenters. The Labute approximate surface area is 192 Å². The molecule has 0 aromatic rings. The first-order valence-corrected chi connectivity index (χ1v) is 13.4. The molecule has 9 atom stereocenters. The largest absolute Gasteiger partial charge is 0.390 e. The molecular formula is C29H50O2. The Morgan fingerprint density at radius 3 is 2.42 bits per heavy atom. The van der Waals surface area contributed by atoms with Crippen LogP contribution in [0.25, 0.3) is 0 Å². The van der Waals surface area contributed by atoms with Gasteiger partial charge in [0.15, 0.2) is 0 Å². The second-order valence-electron chi connectivity index (χ2n) is 13.7. The molecule has 2 heteroatoms. The third kappa shape index (κ3) is 3.96. The topological polar surface area (TPSA) is 40.5 Å². The normalized spacial score (nSPS) is 47.7. The van der Waals surface area contributed by atoms with Crippen LogP contribution in [0.5, 0.6) is 0 Å². The van der Waals surface area contributed by atoms with Crippen molar-refractivity contribution in [3.63, 3.8) is 0 Å². The van der Waals surface area contributed by atoms with Gasteiger partial charge in [0.05, 0.1) is 11.2 Å². The van der Waals surface area contributed by atoms with Gasteiger partial charge in [-0.2, -0.15) is 0 Å². The Balaban J connectivity index is 1.49. The molecule has 2 nitrogen and oxygen atoms in total. The fourth-order valence-electron chi connectivity index (χ4n) is 8.79. The maximum Gasteiger partial charge on any atom is 0.0657 e. The molecule has 0 bridgehead atoms. The van der Waals surface area contributed by atoms with Crippen LogP contribution in [0.3, 0.4) is 0 Å². The lowest BCUT2D eigenvalue weighted by Crippen LogP contribution is -2.52. The zero-order valence-electron chi connectivity index (χ0n) is 21.5. The van der Waals surface area contributed by atoms with E-state index in [-0.39, 0.29) is 0 Å². The Hall–Kier alpha value is -0.340. The summed E-state index contributed by atoms with van der Waals surface area (Å²) in [5.41, 5.74) is 1.35. The number of allylic oxidation sites excluding steroid dienone is 1. The van der Waals surface area contributed by atoms with Gasteiger partial charge in [-0.1, -0.05) is 46.3 Å². The van der Waals surface area contributed by atoms with E-state index in [0.717, 1.165) is 49.4 Å². The highest BCUT2D eigenvalue weighted by Gasteiger charge is 2.59. The van der Waals surface area contributed by atoms with Gasteiger partial charge in [0.25, 0.3) is 0 Å². The standard InChI is InChI=1S/C29H50O2/c1-19(2)29(7,31)15-12-20(3)23-10-11-24-22-9-8-21-18-26(4,30)16-17-27(21,5)25(22)13-14-28(23,24)6/h8,19-20,22-25,30-31H,9-18H2,1-7H3/t20-,22+,23?,24+,25+,26+,27+,28-,29-/m1/s1. The summed E-state index contributed by atoms with van der Waals surface area (Å²) in [6.45, 7) is 16.0. The van der Waals surface area contributed by atoms with Crippen LogP contribution in [-0.4, -0.2) is 21.4 Å². The summed E-state index contributed by atoms with van der Waals surface area (Å²) in [5, 5.41) is 21.5. The molecule has 4 aliphatic rings. The molecule has 4 rings (SSSR count). The smallest absolute Gasteiger partial charge is 0.0657 e. The van der Waals surface area contributed by atoms with E-state index in [1.165, 1.54) is 38.5 Å². The maximum absolute atomic E-state index is 10.8. The Morgan fingerprint density at radius 1 is 1.03 bits per heavy atom. The van der Waals surface area contributed by atoms with Crippen molar-refractivity contribution in [3.8, 4) is 0 Å². The van der Waals surface area contributed by atoms with Gasteiger partial charge in [-0.05, 0) is 124 Å². The van der Waals surface area contributed by atoms with Crippen LogP contribution in [0.4, 0.5) is 0 Å². The van der Waals surface area contributed by atoms with Crippen molar-refractivity contribution in [1.29, 1.82) is 0 Å². The summed E-state index contributed by atoms with van der Waals surface area (Å²) in [5.74, 6) is 4.35. The predicted octanol–water partition coefficient (Wildman–Crippen LogP) is 7.14. The maximum atomic E-state index is 10.8. The van der Waals surface area contributed by atoms with Gasteiger partial charge in [0.1, 0.15) is 0 Å². The van der Waals surface area contributed by atoms with Gasteiger partial charge in [-0.3, -0.25) is 0 Å². The van der Waals surface area contributed by atoms with Crippen molar-refractivity contribution in [2.24, 2.45) is 46.3 Å². The highest BCUT2D eigenvalue weighted by Crippen LogP contribution is 2.67. The third-order valence-corrected chi connectivity index (χ3v) is 11.5. The minimum Gasteiger partial charge on any atom is -0.390 e. The number of aliphatic hydroxyl groups is 2. The van der Waals surface area contributed by atoms with Gasteiger partial charge in [0, 0.05) is 0 Å². The van der Waals surface area contributed by atoms with E-state index in [1.54, 1.807) is 5.57 Å². The molecule has 0 saturated heterocycles. The monoisotopic (exact) mass is 430 g/mol. The van der Waals surface area contributed by atoms with E-state index in [1.807, 2.05) is 13.8 Å². The lowest BCUT2D eigenvalue weighted by molar-refractivity contribution is -0.0721. The van der Waals surface area contributed by atoms with Gasteiger partial charge >= 0.3 is 0 Å². The number of fused-ring (bicyclic) bond motifs is 5. The summed E-state index contributed by atoms with van der Waals surface area (Å²) in [6.07, 6.45) is 14.5. The summed E-state index contributed by atoms with van der Waals surface area (Å²) in [6, 6.07) is 0. The molecule has 3 fully saturated rings. The van der Waals surface area contributed by atoms with Crippen LogP contribution in [0.15, 0.2) is 11.6 Å². The number of rotatable bonds is 5. The number of hydrogen-bond acceptors (Lipinski definition) is 2. The van der Waals surface area contributed by atoms with E-state index in [2.05, 4.69) is 40.7 Å². The highest BCUT2D eigenvalue weighted by atomic mass is 16.3. The number of hydrogen-bond donors (Lipinski definition) is 2.